The van der Waals surface area contributed by atoms with Gasteiger partial charge in [0.05, 0.1) is 6.04 Å². The summed E-state index contributed by atoms with van der Waals surface area (Å²) in [5.41, 5.74) is 0. The summed E-state index contributed by atoms with van der Waals surface area (Å²) >= 11 is 0. The molecular weight excluding hydrogens is 228 g/mol. The average Bonchev–Trinajstić information content (AvgIpc) is 2.26. The molecule has 2 heterocycles. The summed E-state index contributed by atoms with van der Waals surface area (Å²) in [6.07, 6.45) is 0. The summed E-state index contributed by atoms with van der Waals surface area (Å²) in [6, 6.07) is 0.948. The van der Waals surface area contributed by atoms with Gasteiger partial charge in [-0.3, -0.25) is 14.6 Å². The van der Waals surface area contributed by atoms with Gasteiger partial charge in [0, 0.05) is 51.4 Å². The van der Waals surface area contributed by atoms with Crippen molar-refractivity contribution >= 4 is 5.91 Å². The van der Waals surface area contributed by atoms with Gasteiger partial charge in [-0.25, -0.2) is 0 Å². The van der Waals surface area contributed by atoms with Crippen LogP contribution in [0.15, 0.2) is 0 Å². The Balaban J connectivity index is 1.76. The molecule has 0 radical (unpaired) electrons. The van der Waals surface area contributed by atoms with Crippen LogP contribution in [0, 0.1) is 0 Å². The maximum atomic E-state index is 12.0. The van der Waals surface area contributed by atoms with Gasteiger partial charge in [0.25, 0.3) is 0 Å². The SMILES string of the molecule is CC(C)NC(=O)C(C)N1CCN(C2CNC2)CC1. The maximum absolute atomic E-state index is 12.0. The molecule has 2 aliphatic rings. The van der Waals surface area contributed by atoms with Crippen LogP contribution in [0.3, 0.4) is 0 Å². The molecule has 0 aromatic rings. The van der Waals surface area contributed by atoms with E-state index in [0.717, 1.165) is 45.3 Å². The van der Waals surface area contributed by atoms with E-state index < -0.39 is 0 Å². The van der Waals surface area contributed by atoms with Gasteiger partial charge in [-0.05, 0) is 20.8 Å². The Hall–Kier alpha value is -0.650. The van der Waals surface area contributed by atoms with Crippen LogP contribution in [0.1, 0.15) is 20.8 Å². The van der Waals surface area contributed by atoms with Crippen molar-refractivity contribution in [1.29, 1.82) is 0 Å². The molecule has 0 aliphatic carbocycles. The van der Waals surface area contributed by atoms with Gasteiger partial charge < -0.3 is 10.6 Å². The second-order valence-corrected chi connectivity index (χ2v) is 5.72. The average molecular weight is 254 g/mol. The van der Waals surface area contributed by atoms with Gasteiger partial charge in [-0.1, -0.05) is 0 Å². The molecule has 0 aromatic carbocycles. The van der Waals surface area contributed by atoms with E-state index in [4.69, 9.17) is 0 Å². The van der Waals surface area contributed by atoms with Crippen LogP contribution >= 0.6 is 0 Å². The summed E-state index contributed by atoms with van der Waals surface area (Å²) in [6.45, 7) is 12.5. The number of carbonyl (C=O) groups is 1. The van der Waals surface area contributed by atoms with Gasteiger partial charge in [0.15, 0.2) is 0 Å². The van der Waals surface area contributed by atoms with Crippen molar-refractivity contribution in [2.75, 3.05) is 39.3 Å². The summed E-state index contributed by atoms with van der Waals surface area (Å²) in [5.74, 6) is 0.156. The molecule has 0 bridgehead atoms. The Kier molecular flexibility index (Phi) is 4.59. The van der Waals surface area contributed by atoms with Crippen molar-refractivity contribution in [3.8, 4) is 0 Å². The van der Waals surface area contributed by atoms with E-state index >= 15 is 0 Å². The molecular formula is C13H26N4O. The van der Waals surface area contributed by atoms with Crippen molar-refractivity contribution in [1.82, 2.24) is 20.4 Å². The van der Waals surface area contributed by atoms with E-state index in [1.165, 1.54) is 0 Å². The summed E-state index contributed by atoms with van der Waals surface area (Å²) in [5, 5.41) is 6.30. The van der Waals surface area contributed by atoms with Crippen molar-refractivity contribution < 1.29 is 4.79 Å². The highest BCUT2D eigenvalue weighted by molar-refractivity contribution is 5.81. The van der Waals surface area contributed by atoms with Gasteiger partial charge >= 0.3 is 0 Å². The number of hydrogen-bond donors (Lipinski definition) is 2. The molecule has 2 aliphatic heterocycles. The summed E-state index contributed by atoms with van der Waals surface area (Å²) in [4.78, 5) is 16.8. The number of nitrogens with one attached hydrogen (secondary N) is 2. The summed E-state index contributed by atoms with van der Waals surface area (Å²) < 4.78 is 0. The lowest BCUT2D eigenvalue weighted by molar-refractivity contribution is -0.127. The number of nitrogens with zero attached hydrogens (tertiary/aromatic N) is 2. The first-order valence-corrected chi connectivity index (χ1v) is 7.07. The van der Waals surface area contributed by atoms with E-state index in [-0.39, 0.29) is 18.0 Å². The number of rotatable bonds is 4. The maximum Gasteiger partial charge on any atom is 0.237 e. The standard InChI is InChI=1S/C13H26N4O/c1-10(2)15-13(18)11(3)16-4-6-17(7-5-16)12-8-14-9-12/h10-12,14H,4-9H2,1-3H3,(H,15,18). The molecule has 0 spiro atoms. The zero-order chi connectivity index (χ0) is 13.1. The van der Waals surface area contributed by atoms with Crippen molar-refractivity contribution in [2.45, 2.75) is 38.9 Å². The number of carbonyl (C=O) groups excluding carboxylic acids is 1. The Bertz CT molecular complexity index is 283. The largest absolute Gasteiger partial charge is 0.353 e. The zero-order valence-corrected chi connectivity index (χ0v) is 11.8. The molecule has 2 N–H and O–H groups in total. The van der Waals surface area contributed by atoms with Crippen molar-refractivity contribution in [3.05, 3.63) is 0 Å². The highest BCUT2D eigenvalue weighted by Crippen LogP contribution is 2.11. The first-order chi connectivity index (χ1) is 8.58. The van der Waals surface area contributed by atoms with E-state index in [1.807, 2.05) is 20.8 Å². The normalized spacial score (nSPS) is 24.9. The van der Waals surface area contributed by atoms with E-state index in [0.29, 0.717) is 0 Å². The fourth-order valence-electron chi connectivity index (χ4n) is 2.59. The third-order valence-corrected chi connectivity index (χ3v) is 3.98. The fourth-order valence-corrected chi connectivity index (χ4v) is 2.59. The first-order valence-electron chi connectivity index (χ1n) is 7.07. The first kappa shape index (κ1) is 13.8. The molecule has 18 heavy (non-hydrogen) atoms. The number of piperazine rings is 1. The number of amides is 1. The molecule has 2 rings (SSSR count). The molecule has 0 aromatic heterocycles. The number of hydrogen-bond acceptors (Lipinski definition) is 4. The minimum atomic E-state index is -0.00549. The Morgan fingerprint density at radius 3 is 2.22 bits per heavy atom. The molecule has 5 nitrogen and oxygen atoms in total. The highest BCUT2D eigenvalue weighted by Gasteiger charge is 2.30. The zero-order valence-electron chi connectivity index (χ0n) is 11.8. The smallest absolute Gasteiger partial charge is 0.237 e. The van der Waals surface area contributed by atoms with Crippen molar-refractivity contribution in [2.24, 2.45) is 0 Å². The predicted molar refractivity (Wildman–Crippen MR) is 72.5 cm³/mol. The van der Waals surface area contributed by atoms with Crippen molar-refractivity contribution in [3.63, 3.8) is 0 Å². The lowest BCUT2D eigenvalue weighted by Gasteiger charge is -2.44. The molecule has 1 amide bonds. The summed E-state index contributed by atoms with van der Waals surface area (Å²) in [7, 11) is 0. The van der Waals surface area contributed by atoms with Crippen LogP contribution in [-0.4, -0.2) is 73.1 Å². The minimum absolute atomic E-state index is 0.00549. The fraction of sp³-hybridized carbons (Fsp3) is 0.923. The molecule has 2 fully saturated rings. The van der Waals surface area contributed by atoms with Crippen LogP contribution in [0.4, 0.5) is 0 Å². The molecule has 1 atom stereocenters. The second kappa shape index (κ2) is 5.99. The van der Waals surface area contributed by atoms with E-state index in [9.17, 15) is 4.79 Å². The van der Waals surface area contributed by atoms with E-state index in [1.54, 1.807) is 0 Å². The van der Waals surface area contributed by atoms with Crippen LogP contribution in [0.5, 0.6) is 0 Å². The Morgan fingerprint density at radius 1 is 1.17 bits per heavy atom. The molecule has 0 saturated carbocycles. The Labute approximate surface area is 110 Å². The lowest BCUT2D eigenvalue weighted by atomic mass is 10.1. The van der Waals surface area contributed by atoms with Crippen LogP contribution in [0.2, 0.25) is 0 Å². The van der Waals surface area contributed by atoms with Gasteiger partial charge in [-0.2, -0.15) is 0 Å². The third kappa shape index (κ3) is 3.22. The predicted octanol–water partition coefficient (Wildman–Crippen LogP) is -0.511. The quantitative estimate of drug-likeness (QED) is 0.709. The monoisotopic (exact) mass is 254 g/mol. The molecule has 1 unspecified atom stereocenters. The molecule has 104 valence electrons. The molecule has 5 heteroatoms. The molecule has 2 saturated heterocycles. The second-order valence-electron chi connectivity index (χ2n) is 5.72. The minimum Gasteiger partial charge on any atom is -0.353 e. The van der Waals surface area contributed by atoms with Crippen LogP contribution in [0.25, 0.3) is 0 Å². The van der Waals surface area contributed by atoms with Crippen LogP contribution < -0.4 is 10.6 Å². The van der Waals surface area contributed by atoms with Gasteiger partial charge in [0.2, 0.25) is 5.91 Å². The highest BCUT2D eigenvalue weighted by atomic mass is 16.2. The third-order valence-electron chi connectivity index (χ3n) is 3.98. The van der Waals surface area contributed by atoms with E-state index in [2.05, 4.69) is 20.4 Å². The van der Waals surface area contributed by atoms with Gasteiger partial charge in [0.1, 0.15) is 0 Å². The van der Waals surface area contributed by atoms with Gasteiger partial charge in [-0.15, -0.1) is 0 Å². The Morgan fingerprint density at radius 2 is 1.78 bits per heavy atom. The van der Waals surface area contributed by atoms with Crippen LogP contribution in [-0.2, 0) is 4.79 Å². The lowest BCUT2D eigenvalue weighted by Crippen LogP contribution is -2.63. The topological polar surface area (TPSA) is 47.6 Å².